The largest absolute Gasteiger partial charge is 0.389 e. The lowest BCUT2D eigenvalue weighted by atomic mass is 10.3. The van der Waals surface area contributed by atoms with Gasteiger partial charge in [0, 0.05) is 12.1 Å². The van der Waals surface area contributed by atoms with Crippen molar-refractivity contribution in [2.75, 3.05) is 5.32 Å². The van der Waals surface area contributed by atoms with Gasteiger partial charge in [-0.1, -0.05) is 12.2 Å². The van der Waals surface area contributed by atoms with Crippen molar-refractivity contribution in [2.24, 2.45) is 5.73 Å². The molecule has 0 aromatic carbocycles. The van der Waals surface area contributed by atoms with Crippen molar-refractivity contribution in [3.63, 3.8) is 0 Å². The van der Waals surface area contributed by atoms with Gasteiger partial charge in [0.15, 0.2) is 5.82 Å². The average molecular weight is 262 g/mol. The monoisotopic (exact) mass is 262 g/mol. The number of hydrogen-bond acceptors (Lipinski definition) is 5. The minimum atomic E-state index is 0.243. The third kappa shape index (κ3) is 2.45. The Morgan fingerprint density at radius 3 is 2.83 bits per heavy atom. The van der Waals surface area contributed by atoms with Gasteiger partial charge < -0.3 is 11.1 Å². The van der Waals surface area contributed by atoms with Crippen LogP contribution in [0.15, 0.2) is 24.5 Å². The van der Waals surface area contributed by atoms with Crippen LogP contribution in [-0.4, -0.2) is 25.0 Å². The molecule has 0 saturated heterocycles. The fraction of sp³-hybridized carbons (Fsp3) is 0.273. The molecule has 0 amide bonds. The lowest BCUT2D eigenvalue weighted by Crippen LogP contribution is -2.15. The van der Waals surface area contributed by atoms with Crippen LogP contribution in [0.3, 0.4) is 0 Å². The summed E-state index contributed by atoms with van der Waals surface area (Å²) in [4.78, 5) is 0.281. The quantitative estimate of drug-likeness (QED) is 0.815. The first-order valence-corrected chi connectivity index (χ1v) is 5.92. The molecule has 0 aliphatic carbocycles. The zero-order chi connectivity index (χ0) is 13.1. The molecule has 6 nitrogen and oxygen atoms in total. The van der Waals surface area contributed by atoms with Crippen LogP contribution in [0.25, 0.3) is 0 Å². The predicted octanol–water partition coefficient (Wildman–Crippen LogP) is 1.63. The van der Waals surface area contributed by atoms with E-state index in [9.17, 15) is 0 Å². The van der Waals surface area contributed by atoms with Crippen molar-refractivity contribution in [1.29, 1.82) is 0 Å². The zero-order valence-electron chi connectivity index (χ0n) is 10.2. The van der Waals surface area contributed by atoms with Crippen LogP contribution in [0.2, 0.25) is 0 Å². The Morgan fingerprint density at radius 1 is 1.39 bits per heavy atom. The molecule has 3 N–H and O–H groups in total. The van der Waals surface area contributed by atoms with Gasteiger partial charge in [-0.3, -0.25) is 0 Å². The summed E-state index contributed by atoms with van der Waals surface area (Å²) < 4.78 is 1.85. The highest BCUT2D eigenvalue weighted by atomic mass is 32.1. The first kappa shape index (κ1) is 12.4. The predicted molar refractivity (Wildman–Crippen MR) is 73.8 cm³/mol. The van der Waals surface area contributed by atoms with Crippen LogP contribution in [-0.2, 0) is 0 Å². The second kappa shape index (κ2) is 5.09. The van der Waals surface area contributed by atoms with E-state index in [1.165, 1.54) is 0 Å². The van der Waals surface area contributed by atoms with Gasteiger partial charge in [-0.2, -0.15) is 10.2 Å². The molecule has 0 bridgehead atoms. The molecular weight excluding hydrogens is 248 g/mol. The Labute approximate surface area is 110 Å². The SMILES string of the molecule is CC(C)n1nccc1Nc1nnccc1C(N)=S. The van der Waals surface area contributed by atoms with E-state index in [-0.39, 0.29) is 11.0 Å². The minimum absolute atomic E-state index is 0.243. The molecule has 18 heavy (non-hydrogen) atoms. The first-order valence-electron chi connectivity index (χ1n) is 5.51. The molecule has 0 spiro atoms. The lowest BCUT2D eigenvalue weighted by Gasteiger charge is -2.13. The van der Waals surface area contributed by atoms with E-state index < -0.39 is 0 Å². The maximum atomic E-state index is 5.64. The van der Waals surface area contributed by atoms with Gasteiger partial charge in [0.1, 0.15) is 10.8 Å². The number of nitrogens with one attached hydrogen (secondary N) is 1. The summed E-state index contributed by atoms with van der Waals surface area (Å²) in [6.45, 7) is 4.09. The molecule has 2 rings (SSSR count). The van der Waals surface area contributed by atoms with Gasteiger partial charge in [0.05, 0.1) is 18.0 Å². The Hall–Kier alpha value is -2.02. The van der Waals surface area contributed by atoms with Gasteiger partial charge in [0.2, 0.25) is 0 Å². The summed E-state index contributed by atoms with van der Waals surface area (Å²) in [5.74, 6) is 1.36. The van der Waals surface area contributed by atoms with Crippen LogP contribution >= 0.6 is 12.2 Å². The zero-order valence-corrected chi connectivity index (χ0v) is 11.0. The van der Waals surface area contributed by atoms with Crippen molar-refractivity contribution in [3.05, 3.63) is 30.1 Å². The summed E-state index contributed by atoms with van der Waals surface area (Å²) in [6.07, 6.45) is 3.28. The lowest BCUT2D eigenvalue weighted by molar-refractivity contribution is 0.539. The maximum Gasteiger partial charge on any atom is 0.164 e. The highest BCUT2D eigenvalue weighted by Crippen LogP contribution is 2.19. The number of anilines is 2. The Morgan fingerprint density at radius 2 is 2.17 bits per heavy atom. The third-order valence-electron chi connectivity index (χ3n) is 2.39. The van der Waals surface area contributed by atoms with Crippen molar-refractivity contribution >= 4 is 28.8 Å². The molecule has 0 fully saturated rings. The third-order valence-corrected chi connectivity index (χ3v) is 2.61. The van der Waals surface area contributed by atoms with Gasteiger partial charge in [-0.15, -0.1) is 5.10 Å². The molecule has 0 aliphatic heterocycles. The normalized spacial score (nSPS) is 10.6. The van der Waals surface area contributed by atoms with Crippen molar-refractivity contribution < 1.29 is 0 Å². The van der Waals surface area contributed by atoms with E-state index in [4.69, 9.17) is 18.0 Å². The molecule has 2 aromatic heterocycles. The Bertz CT molecular complexity index is 562. The van der Waals surface area contributed by atoms with Crippen molar-refractivity contribution in [2.45, 2.75) is 19.9 Å². The molecule has 2 aromatic rings. The fourth-order valence-electron chi connectivity index (χ4n) is 1.57. The number of nitrogens with two attached hydrogens (primary N) is 1. The van der Waals surface area contributed by atoms with Crippen molar-refractivity contribution in [1.82, 2.24) is 20.0 Å². The molecule has 0 radical (unpaired) electrons. The summed E-state index contributed by atoms with van der Waals surface area (Å²) in [7, 11) is 0. The number of hydrogen-bond donors (Lipinski definition) is 2. The summed E-state index contributed by atoms with van der Waals surface area (Å²) >= 11 is 4.98. The second-order valence-corrected chi connectivity index (χ2v) is 4.48. The van der Waals surface area contributed by atoms with E-state index >= 15 is 0 Å². The minimum Gasteiger partial charge on any atom is -0.389 e. The van der Waals surface area contributed by atoms with Gasteiger partial charge in [-0.25, -0.2) is 4.68 Å². The highest BCUT2D eigenvalue weighted by Gasteiger charge is 2.11. The molecule has 0 unspecified atom stereocenters. The first-order chi connectivity index (χ1) is 8.59. The Kier molecular flexibility index (Phi) is 3.52. The molecule has 7 heteroatoms. The van der Waals surface area contributed by atoms with Gasteiger partial charge in [0.25, 0.3) is 0 Å². The molecule has 94 valence electrons. The van der Waals surface area contributed by atoms with E-state index in [2.05, 4.69) is 20.6 Å². The molecule has 0 saturated carbocycles. The topological polar surface area (TPSA) is 81.7 Å². The standard InChI is InChI=1S/C11H14N6S/c1-7(2)17-9(4-6-14-17)15-11-8(10(12)18)3-5-13-16-11/h3-7H,1-2H3,(H2,12,18)(H,15,16). The smallest absolute Gasteiger partial charge is 0.164 e. The summed E-state index contributed by atoms with van der Waals surface area (Å²) in [5.41, 5.74) is 6.31. The molecular formula is C11H14N6S. The van der Waals surface area contributed by atoms with E-state index in [1.807, 2.05) is 24.6 Å². The van der Waals surface area contributed by atoms with Gasteiger partial charge >= 0.3 is 0 Å². The van der Waals surface area contributed by atoms with E-state index in [0.29, 0.717) is 11.4 Å². The van der Waals surface area contributed by atoms with Crippen LogP contribution in [0, 0.1) is 0 Å². The number of thiocarbonyl (C=S) groups is 1. The van der Waals surface area contributed by atoms with Crippen LogP contribution < -0.4 is 11.1 Å². The second-order valence-electron chi connectivity index (χ2n) is 4.04. The Balaban J connectivity index is 2.34. The van der Waals surface area contributed by atoms with Crippen LogP contribution in [0.1, 0.15) is 25.5 Å². The summed E-state index contributed by atoms with van der Waals surface area (Å²) in [5, 5.41) is 15.2. The maximum absolute atomic E-state index is 5.64. The van der Waals surface area contributed by atoms with Crippen LogP contribution in [0.4, 0.5) is 11.6 Å². The molecule has 0 atom stereocenters. The van der Waals surface area contributed by atoms with E-state index in [1.54, 1.807) is 18.5 Å². The summed E-state index contributed by atoms with van der Waals surface area (Å²) in [6, 6.07) is 3.83. The molecule has 2 heterocycles. The van der Waals surface area contributed by atoms with Gasteiger partial charge in [-0.05, 0) is 19.9 Å². The number of rotatable bonds is 4. The van der Waals surface area contributed by atoms with Crippen LogP contribution in [0.5, 0.6) is 0 Å². The number of nitrogens with zero attached hydrogens (tertiary/aromatic N) is 4. The number of aromatic nitrogens is 4. The fourth-order valence-corrected chi connectivity index (χ4v) is 1.73. The average Bonchev–Trinajstić information content (AvgIpc) is 2.77. The van der Waals surface area contributed by atoms with Crippen molar-refractivity contribution in [3.8, 4) is 0 Å². The highest BCUT2D eigenvalue weighted by molar-refractivity contribution is 7.80. The van der Waals surface area contributed by atoms with E-state index in [0.717, 1.165) is 5.82 Å². The molecule has 0 aliphatic rings.